The summed E-state index contributed by atoms with van der Waals surface area (Å²) < 4.78 is 26.7. The summed E-state index contributed by atoms with van der Waals surface area (Å²) in [5.41, 5.74) is 0.817. The van der Waals surface area contributed by atoms with Gasteiger partial charge in [0.1, 0.15) is 0 Å². The molecular formula is C14H21BrN2O2S. The zero-order valence-corrected chi connectivity index (χ0v) is 13.9. The molecule has 0 aliphatic heterocycles. The van der Waals surface area contributed by atoms with Gasteiger partial charge in [0.15, 0.2) is 0 Å². The predicted molar refractivity (Wildman–Crippen MR) is 84.4 cm³/mol. The number of nitrogens with one attached hydrogen (secondary N) is 1. The minimum atomic E-state index is -3.19. The van der Waals surface area contributed by atoms with Crippen LogP contribution in [0.4, 0.5) is 0 Å². The lowest BCUT2D eigenvalue weighted by Crippen LogP contribution is -2.33. The molecule has 0 aromatic carbocycles. The summed E-state index contributed by atoms with van der Waals surface area (Å²) in [5.74, 6) is 0.589. The number of sulfonamides is 1. The summed E-state index contributed by atoms with van der Waals surface area (Å²) in [5, 5.41) is 0. The van der Waals surface area contributed by atoms with Crippen molar-refractivity contribution in [3.05, 3.63) is 30.1 Å². The summed E-state index contributed by atoms with van der Waals surface area (Å²) in [7, 11) is -3.19. The summed E-state index contributed by atoms with van der Waals surface area (Å²) in [6.07, 6.45) is 6.62. The Hall–Kier alpha value is -0.460. The van der Waals surface area contributed by atoms with Gasteiger partial charge in [0.2, 0.25) is 10.0 Å². The van der Waals surface area contributed by atoms with E-state index in [9.17, 15) is 8.42 Å². The van der Waals surface area contributed by atoms with E-state index in [2.05, 4.69) is 25.6 Å². The lowest BCUT2D eigenvalue weighted by Gasteiger charge is -2.25. The third-order valence-corrected chi connectivity index (χ3v) is 5.99. The molecule has 0 radical (unpaired) electrons. The number of nitrogens with zero attached hydrogens (tertiary/aromatic N) is 1. The van der Waals surface area contributed by atoms with Crippen molar-refractivity contribution >= 4 is 26.0 Å². The molecule has 0 bridgehead atoms. The fourth-order valence-corrected chi connectivity index (χ4v) is 4.07. The second-order valence-corrected chi connectivity index (χ2v) is 8.58. The maximum atomic E-state index is 12.0. The zero-order valence-electron chi connectivity index (χ0n) is 11.5. The first-order valence-corrected chi connectivity index (χ1v) is 9.63. The number of pyridine rings is 1. The Bertz CT molecular complexity index is 499. The average Bonchev–Trinajstić information content (AvgIpc) is 2.46. The van der Waals surface area contributed by atoms with Crippen LogP contribution in [0.25, 0.3) is 0 Å². The van der Waals surface area contributed by atoms with E-state index in [1.54, 1.807) is 6.20 Å². The summed E-state index contributed by atoms with van der Waals surface area (Å²) >= 11 is 3.61. The summed E-state index contributed by atoms with van der Waals surface area (Å²) in [4.78, 5) is 4.75. The topological polar surface area (TPSA) is 59.1 Å². The number of hydrogen-bond donors (Lipinski definition) is 1. The van der Waals surface area contributed by atoms with Crippen LogP contribution in [0.15, 0.2) is 24.4 Å². The molecule has 20 heavy (non-hydrogen) atoms. The maximum absolute atomic E-state index is 12.0. The highest BCUT2D eigenvalue weighted by Gasteiger charge is 2.21. The molecule has 6 heteroatoms. The van der Waals surface area contributed by atoms with Crippen molar-refractivity contribution in [1.82, 2.24) is 9.71 Å². The minimum Gasteiger partial charge on any atom is -0.261 e. The van der Waals surface area contributed by atoms with Crippen LogP contribution in [0.1, 0.15) is 31.4 Å². The van der Waals surface area contributed by atoms with Gasteiger partial charge in [-0.1, -0.05) is 22.0 Å². The van der Waals surface area contributed by atoms with Crippen LogP contribution < -0.4 is 4.72 Å². The van der Waals surface area contributed by atoms with Gasteiger partial charge in [0.05, 0.1) is 5.75 Å². The molecule has 0 amide bonds. The molecule has 2 rings (SSSR count). The number of aromatic nitrogens is 1. The van der Waals surface area contributed by atoms with Crippen LogP contribution in [-0.4, -0.2) is 30.5 Å². The Balaban J connectivity index is 1.74. The lowest BCUT2D eigenvalue weighted by atomic mass is 9.89. The second-order valence-electron chi connectivity index (χ2n) is 5.36. The highest BCUT2D eigenvalue weighted by atomic mass is 79.9. The molecule has 0 atom stereocenters. The SMILES string of the molecule is O=S(=O)(CCc1ccccn1)NCC1CCC(Br)CC1. The van der Waals surface area contributed by atoms with E-state index in [4.69, 9.17) is 0 Å². The van der Waals surface area contributed by atoms with E-state index in [-0.39, 0.29) is 5.75 Å². The van der Waals surface area contributed by atoms with Crippen molar-refractivity contribution < 1.29 is 8.42 Å². The Morgan fingerprint density at radius 2 is 2.00 bits per heavy atom. The van der Waals surface area contributed by atoms with E-state index in [1.165, 1.54) is 0 Å². The molecule has 4 nitrogen and oxygen atoms in total. The van der Waals surface area contributed by atoms with E-state index >= 15 is 0 Å². The molecule has 1 heterocycles. The van der Waals surface area contributed by atoms with Crippen molar-refractivity contribution in [3.8, 4) is 0 Å². The number of halogens is 1. The van der Waals surface area contributed by atoms with Gasteiger partial charge in [0, 0.05) is 29.7 Å². The number of alkyl halides is 1. The molecule has 1 saturated carbocycles. The molecule has 1 aliphatic carbocycles. The number of rotatable bonds is 6. The van der Waals surface area contributed by atoms with Crippen LogP contribution in [0, 0.1) is 5.92 Å². The van der Waals surface area contributed by atoms with Crippen LogP contribution >= 0.6 is 15.9 Å². The van der Waals surface area contributed by atoms with Crippen molar-refractivity contribution in [2.24, 2.45) is 5.92 Å². The minimum absolute atomic E-state index is 0.109. The molecule has 0 unspecified atom stereocenters. The van der Waals surface area contributed by atoms with Gasteiger partial charge in [-0.2, -0.15) is 0 Å². The van der Waals surface area contributed by atoms with Crippen LogP contribution in [0.2, 0.25) is 0 Å². The van der Waals surface area contributed by atoms with Gasteiger partial charge in [-0.15, -0.1) is 0 Å². The number of hydrogen-bond acceptors (Lipinski definition) is 3. The maximum Gasteiger partial charge on any atom is 0.211 e. The second kappa shape index (κ2) is 7.52. The smallest absolute Gasteiger partial charge is 0.211 e. The van der Waals surface area contributed by atoms with Crippen molar-refractivity contribution in [2.45, 2.75) is 36.9 Å². The first-order valence-electron chi connectivity index (χ1n) is 7.06. The molecular weight excluding hydrogens is 340 g/mol. The molecule has 1 fully saturated rings. The Kier molecular flexibility index (Phi) is 5.99. The lowest BCUT2D eigenvalue weighted by molar-refractivity contribution is 0.366. The normalized spacial score (nSPS) is 23.6. The predicted octanol–water partition coefficient (Wildman–Crippen LogP) is 2.50. The Labute approximate surface area is 129 Å². The quantitative estimate of drug-likeness (QED) is 0.792. The highest BCUT2D eigenvalue weighted by Crippen LogP contribution is 2.28. The highest BCUT2D eigenvalue weighted by molar-refractivity contribution is 9.09. The molecule has 0 saturated heterocycles. The standard InChI is InChI=1S/C14H21BrN2O2S/c15-13-6-4-12(5-7-13)11-17-20(18,19)10-8-14-3-1-2-9-16-14/h1-3,9,12-13,17H,4-8,10-11H2. The van der Waals surface area contributed by atoms with E-state index in [0.29, 0.717) is 23.7 Å². The van der Waals surface area contributed by atoms with Gasteiger partial charge in [0.25, 0.3) is 0 Å². The van der Waals surface area contributed by atoms with Crippen molar-refractivity contribution in [1.29, 1.82) is 0 Å². The Morgan fingerprint density at radius 1 is 1.25 bits per heavy atom. The van der Waals surface area contributed by atoms with Gasteiger partial charge >= 0.3 is 0 Å². The fourth-order valence-electron chi connectivity index (χ4n) is 2.43. The van der Waals surface area contributed by atoms with Crippen LogP contribution in [-0.2, 0) is 16.4 Å². The van der Waals surface area contributed by atoms with Gasteiger partial charge in [-0.25, -0.2) is 13.1 Å². The van der Waals surface area contributed by atoms with Crippen molar-refractivity contribution in [2.75, 3.05) is 12.3 Å². The molecule has 1 aliphatic rings. The third kappa shape index (κ3) is 5.50. The van der Waals surface area contributed by atoms with Crippen LogP contribution in [0.5, 0.6) is 0 Å². The largest absolute Gasteiger partial charge is 0.261 e. The van der Waals surface area contributed by atoms with E-state index < -0.39 is 10.0 Å². The fraction of sp³-hybridized carbons (Fsp3) is 0.643. The van der Waals surface area contributed by atoms with Gasteiger partial charge in [-0.3, -0.25) is 4.98 Å². The molecule has 0 spiro atoms. The average molecular weight is 361 g/mol. The first kappa shape index (κ1) is 15.9. The summed E-state index contributed by atoms with van der Waals surface area (Å²) in [6, 6.07) is 5.56. The van der Waals surface area contributed by atoms with Gasteiger partial charge < -0.3 is 0 Å². The number of aryl methyl sites for hydroxylation is 1. The molecule has 1 aromatic heterocycles. The monoisotopic (exact) mass is 360 g/mol. The summed E-state index contributed by atoms with van der Waals surface area (Å²) in [6.45, 7) is 0.574. The molecule has 1 N–H and O–H groups in total. The van der Waals surface area contributed by atoms with E-state index in [0.717, 1.165) is 31.4 Å². The third-order valence-electron chi connectivity index (χ3n) is 3.72. The van der Waals surface area contributed by atoms with E-state index in [1.807, 2.05) is 18.2 Å². The first-order chi connectivity index (χ1) is 9.55. The van der Waals surface area contributed by atoms with Crippen molar-refractivity contribution in [3.63, 3.8) is 0 Å². The Morgan fingerprint density at radius 3 is 2.65 bits per heavy atom. The molecule has 1 aromatic rings. The molecule has 112 valence electrons. The van der Waals surface area contributed by atoms with Gasteiger partial charge in [-0.05, 0) is 43.7 Å². The van der Waals surface area contributed by atoms with Crippen LogP contribution in [0.3, 0.4) is 0 Å². The zero-order chi connectivity index (χ0) is 14.4.